The van der Waals surface area contributed by atoms with E-state index in [2.05, 4.69) is 10.3 Å². The number of ether oxygens (including phenoxy) is 2. The fourth-order valence-corrected chi connectivity index (χ4v) is 2.48. The van der Waals surface area contributed by atoms with Crippen molar-refractivity contribution in [3.05, 3.63) is 23.8 Å². The summed E-state index contributed by atoms with van der Waals surface area (Å²) < 4.78 is 47.1. The molecule has 0 amide bonds. The van der Waals surface area contributed by atoms with Gasteiger partial charge in [-0.25, -0.2) is 0 Å². The molecule has 0 atom stereocenters. The minimum Gasteiger partial charge on any atom is -0.454 e. The van der Waals surface area contributed by atoms with Crippen LogP contribution in [0.1, 0.15) is 31.7 Å². The second kappa shape index (κ2) is 8.82. The Morgan fingerprint density at radius 1 is 1.24 bits per heavy atom. The third kappa shape index (κ3) is 6.36. The van der Waals surface area contributed by atoms with E-state index < -0.39 is 12.6 Å². The molecule has 0 saturated carbocycles. The number of halogens is 3. The van der Waals surface area contributed by atoms with Gasteiger partial charge in [0, 0.05) is 33.1 Å². The fraction of sp³-hybridized carbons (Fsp3) is 0.588. The number of fused-ring (bicyclic) bond motifs is 1. The molecule has 1 heterocycles. The Morgan fingerprint density at radius 2 is 2.00 bits per heavy atom. The lowest BCUT2D eigenvalue weighted by molar-refractivity contribution is -0.135. The van der Waals surface area contributed by atoms with E-state index in [1.165, 1.54) is 0 Å². The Bertz CT molecular complexity index is 591. The average Bonchev–Trinajstić information content (AvgIpc) is 3.00. The zero-order valence-electron chi connectivity index (χ0n) is 14.5. The largest absolute Gasteiger partial charge is 0.454 e. The Kier molecular flexibility index (Phi) is 6.78. The molecule has 0 aromatic heterocycles. The van der Waals surface area contributed by atoms with Crippen LogP contribution in [-0.4, -0.2) is 44.0 Å². The van der Waals surface area contributed by atoms with E-state index in [1.54, 1.807) is 0 Å². The van der Waals surface area contributed by atoms with Gasteiger partial charge in [0.15, 0.2) is 17.5 Å². The molecule has 0 radical (unpaired) electrons. The maximum atomic E-state index is 12.2. The number of hydrogen-bond donors (Lipinski definition) is 1. The first-order valence-corrected chi connectivity index (χ1v) is 8.34. The molecule has 1 aliphatic heterocycles. The van der Waals surface area contributed by atoms with E-state index in [9.17, 15) is 13.2 Å². The average molecular weight is 359 g/mol. The van der Waals surface area contributed by atoms with Crippen LogP contribution in [0.3, 0.4) is 0 Å². The molecule has 0 bridgehead atoms. The Hall–Kier alpha value is -2.12. The molecule has 2 rings (SSSR count). The number of nitrogens with zero attached hydrogens (tertiary/aromatic N) is 2. The van der Waals surface area contributed by atoms with Gasteiger partial charge in [-0.05, 0) is 37.5 Å². The number of alkyl halides is 3. The highest BCUT2D eigenvalue weighted by Crippen LogP contribution is 2.32. The van der Waals surface area contributed by atoms with Crippen molar-refractivity contribution in [3.63, 3.8) is 0 Å². The van der Waals surface area contributed by atoms with Gasteiger partial charge >= 0.3 is 6.18 Å². The van der Waals surface area contributed by atoms with Gasteiger partial charge in [0.1, 0.15) is 0 Å². The van der Waals surface area contributed by atoms with Crippen LogP contribution < -0.4 is 14.8 Å². The summed E-state index contributed by atoms with van der Waals surface area (Å²) in [5.74, 6) is 2.13. The SMILES string of the molecule is CCNC(=NCCCCC(F)(F)F)N(C)Cc1ccc2c(c1)OCO2. The predicted octanol–water partition coefficient (Wildman–Crippen LogP) is 3.55. The van der Waals surface area contributed by atoms with Gasteiger partial charge in [-0.2, -0.15) is 13.2 Å². The maximum absolute atomic E-state index is 12.2. The van der Waals surface area contributed by atoms with Crippen molar-refractivity contribution in [1.82, 2.24) is 10.2 Å². The quantitative estimate of drug-likeness (QED) is 0.459. The van der Waals surface area contributed by atoms with Crippen molar-refractivity contribution >= 4 is 5.96 Å². The van der Waals surface area contributed by atoms with E-state index >= 15 is 0 Å². The zero-order chi connectivity index (χ0) is 18.3. The van der Waals surface area contributed by atoms with Gasteiger partial charge in [0.05, 0.1) is 0 Å². The minimum absolute atomic E-state index is 0.0955. The molecular weight excluding hydrogens is 335 g/mol. The van der Waals surface area contributed by atoms with E-state index in [4.69, 9.17) is 9.47 Å². The first-order valence-electron chi connectivity index (χ1n) is 8.34. The zero-order valence-corrected chi connectivity index (χ0v) is 14.5. The summed E-state index contributed by atoms with van der Waals surface area (Å²) in [4.78, 5) is 6.35. The van der Waals surface area contributed by atoms with Gasteiger partial charge < -0.3 is 19.7 Å². The van der Waals surface area contributed by atoms with Crippen LogP contribution in [-0.2, 0) is 6.54 Å². The molecule has 8 heteroatoms. The summed E-state index contributed by atoms with van der Waals surface area (Å²) in [6.45, 7) is 3.84. The van der Waals surface area contributed by atoms with Crippen LogP contribution >= 0.6 is 0 Å². The van der Waals surface area contributed by atoms with Crippen molar-refractivity contribution in [2.75, 3.05) is 26.9 Å². The number of rotatable bonds is 7. The van der Waals surface area contributed by atoms with Gasteiger partial charge in [-0.1, -0.05) is 6.07 Å². The van der Waals surface area contributed by atoms with Crippen LogP contribution in [0.25, 0.3) is 0 Å². The van der Waals surface area contributed by atoms with Crippen molar-refractivity contribution in [2.45, 2.75) is 38.9 Å². The highest BCUT2D eigenvalue weighted by atomic mass is 19.4. The summed E-state index contributed by atoms with van der Waals surface area (Å²) >= 11 is 0. The van der Waals surface area contributed by atoms with Crippen LogP contribution in [0.4, 0.5) is 13.2 Å². The molecule has 1 aliphatic rings. The summed E-state index contributed by atoms with van der Waals surface area (Å²) in [6.07, 6.45) is -4.35. The molecule has 0 saturated heterocycles. The number of benzene rings is 1. The molecule has 140 valence electrons. The standard InChI is InChI=1S/C17H24F3N3O2/c1-3-21-16(22-9-5-4-8-17(18,19)20)23(2)11-13-6-7-14-15(10-13)25-12-24-14/h6-7,10H,3-5,8-9,11-12H2,1-2H3,(H,21,22). The first-order chi connectivity index (χ1) is 11.9. The molecule has 1 N–H and O–H groups in total. The highest BCUT2D eigenvalue weighted by molar-refractivity contribution is 5.79. The van der Waals surface area contributed by atoms with Crippen LogP contribution in [0.15, 0.2) is 23.2 Å². The number of unbranched alkanes of at least 4 members (excludes halogenated alkanes) is 1. The topological polar surface area (TPSA) is 46.1 Å². The Morgan fingerprint density at radius 3 is 2.72 bits per heavy atom. The highest BCUT2D eigenvalue weighted by Gasteiger charge is 2.25. The maximum Gasteiger partial charge on any atom is 0.389 e. The van der Waals surface area contributed by atoms with Gasteiger partial charge in [0.25, 0.3) is 0 Å². The molecule has 1 aromatic rings. The number of nitrogens with one attached hydrogen (secondary N) is 1. The predicted molar refractivity (Wildman–Crippen MR) is 89.9 cm³/mol. The Balaban J connectivity index is 1.88. The number of guanidine groups is 1. The Labute approximate surface area is 145 Å². The number of hydrogen-bond acceptors (Lipinski definition) is 3. The summed E-state index contributed by atoms with van der Waals surface area (Å²) in [7, 11) is 1.89. The summed E-state index contributed by atoms with van der Waals surface area (Å²) in [6, 6.07) is 5.75. The van der Waals surface area contributed by atoms with Crippen molar-refractivity contribution in [3.8, 4) is 11.5 Å². The second-order valence-corrected chi connectivity index (χ2v) is 5.85. The third-order valence-corrected chi connectivity index (χ3v) is 3.68. The van der Waals surface area contributed by atoms with Gasteiger partial charge in [-0.3, -0.25) is 4.99 Å². The van der Waals surface area contributed by atoms with Crippen LogP contribution in [0.2, 0.25) is 0 Å². The monoisotopic (exact) mass is 359 g/mol. The fourth-order valence-electron chi connectivity index (χ4n) is 2.48. The summed E-state index contributed by atoms with van der Waals surface area (Å²) in [5.41, 5.74) is 1.04. The van der Waals surface area contributed by atoms with Crippen molar-refractivity contribution in [2.24, 2.45) is 4.99 Å². The molecule has 1 aromatic carbocycles. The van der Waals surface area contributed by atoms with Crippen LogP contribution in [0, 0.1) is 0 Å². The number of aliphatic imine (C=N–C) groups is 1. The minimum atomic E-state index is -4.09. The van der Waals surface area contributed by atoms with Gasteiger partial charge in [-0.15, -0.1) is 0 Å². The third-order valence-electron chi connectivity index (χ3n) is 3.68. The lowest BCUT2D eigenvalue weighted by Crippen LogP contribution is -2.38. The smallest absolute Gasteiger partial charge is 0.389 e. The summed E-state index contributed by atoms with van der Waals surface area (Å²) in [5, 5.41) is 3.16. The van der Waals surface area contributed by atoms with E-state index in [1.807, 2.05) is 37.1 Å². The van der Waals surface area contributed by atoms with Gasteiger partial charge in [0.2, 0.25) is 6.79 Å². The van der Waals surface area contributed by atoms with Crippen molar-refractivity contribution < 1.29 is 22.6 Å². The lowest BCUT2D eigenvalue weighted by Gasteiger charge is -2.22. The molecule has 0 unspecified atom stereocenters. The molecule has 0 spiro atoms. The van der Waals surface area contributed by atoms with Crippen molar-refractivity contribution in [1.29, 1.82) is 0 Å². The molecule has 0 fully saturated rings. The van der Waals surface area contributed by atoms with E-state index in [0.29, 0.717) is 32.0 Å². The van der Waals surface area contributed by atoms with Crippen LogP contribution in [0.5, 0.6) is 11.5 Å². The molecule has 0 aliphatic carbocycles. The van der Waals surface area contributed by atoms with E-state index in [-0.39, 0.29) is 13.2 Å². The molecule has 25 heavy (non-hydrogen) atoms. The lowest BCUT2D eigenvalue weighted by atomic mass is 10.2. The first kappa shape index (κ1) is 19.2. The molecular formula is C17H24F3N3O2. The second-order valence-electron chi connectivity index (χ2n) is 5.85. The normalized spacial score (nSPS) is 13.9. The van der Waals surface area contributed by atoms with E-state index in [0.717, 1.165) is 17.1 Å². The molecule has 5 nitrogen and oxygen atoms in total.